The van der Waals surface area contributed by atoms with E-state index in [0.29, 0.717) is 11.0 Å². The molecule has 0 aliphatic carbocycles. The van der Waals surface area contributed by atoms with Crippen LogP contribution in [-0.2, 0) is 9.09 Å². The monoisotopic (exact) mass is 317 g/mol. The molecule has 21 heavy (non-hydrogen) atoms. The van der Waals surface area contributed by atoms with Gasteiger partial charge in [0.25, 0.3) is 5.69 Å². The van der Waals surface area contributed by atoms with Gasteiger partial charge in [-0.3, -0.25) is 14.7 Å². The van der Waals surface area contributed by atoms with Gasteiger partial charge in [-0.15, -0.1) is 0 Å². The number of hydrogen-bond donors (Lipinski definition) is 1. The van der Waals surface area contributed by atoms with Gasteiger partial charge in [0.15, 0.2) is 0 Å². The summed E-state index contributed by atoms with van der Waals surface area (Å²) in [5, 5.41) is 19.7. The molecular weight excluding hydrogens is 299 g/mol. The molecule has 0 fully saturated rings. The first kappa shape index (κ1) is 17.3. The zero-order valence-electron chi connectivity index (χ0n) is 12.0. The van der Waals surface area contributed by atoms with Gasteiger partial charge in [0.1, 0.15) is 13.2 Å². The van der Waals surface area contributed by atoms with E-state index in [1.807, 2.05) is 21.1 Å². The highest BCUT2D eigenvalue weighted by atomic mass is 31.1. The zero-order chi connectivity index (χ0) is 16.2. The molecule has 0 aromatic heterocycles. The molecule has 0 amide bonds. The van der Waals surface area contributed by atoms with Crippen molar-refractivity contribution in [3.63, 3.8) is 0 Å². The number of non-ortho nitro benzene ring substituents is 1. The van der Waals surface area contributed by atoms with E-state index in [4.69, 9.17) is 9.63 Å². The van der Waals surface area contributed by atoms with E-state index < -0.39 is 18.9 Å². The second-order valence-corrected chi connectivity index (χ2v) is 6.84. The van der Waals surface area contributed by atoms with Crippen molar-refractivity contribution in [1.82, 2.24) is 0 Å². The summed E-state index contributed by atoms with van der Waals surface area (Å²) in [6, 6.07) is 3.19. The number of hydrogen-bond acceptors (Lipinski definition) is 5. The summed E-state index contributed by atoms with van der Waals surface area (Å²) in [5.41, 5.74) is -0.726. The van der Waals surface area contributed by atoms with Gasteiger partial charge in [-0.1, -0.05) is 0 Å². The van der Waals surface area contributed by atoms with Gasteiger partial charge >= 0.3 is 5.97 Å². The van der Waals surface area contributed by atoms with Gasteiger partial charge in [-0.2, -0.15) is 0 Å². The largest absolute Gasteiger partial charge is 0.478 e. The number of carbonyl (C=O) groups is 1. The van der Waals surface area contributed by atoms with Crippen molar-refractivity contribution < 1.29 is 28.4 Å². The third-order valence-electron chi connectivity index (χ3n) is 2.66. The van der Waals surface area contributed by atoms with Gasteiger partial charge in [0.05, 0.1) is 31.6 Å². The number of nitro benzene ring substituents is 1. The number of carboxylic acid groups (broad SMARTS) is 1. The normalized spacial score (nSPS) is 12.9. The van der Waals surface area contributed by atoms with E-state index in [-0.39, 0.29) is 23.2 Å². The number of benzene rings is 1. The predicted octanol–water partition coefficient (Wildman–Crippen LogP) is 1.12. The molecule has 1 aromatic rings. The van der Waals surface area contributed by atoms with Crippen LogP contribution < -0.4 is 5.30 Å². The minimum absolute atomic E-state index is 0.0143. The van der Waals surface area contributed by atoms with Crippen molar-refractivity contribution in [2.45, 2.75) is 0 Å². The Morgan fingerprint density at radius 1 is 1.43 bits per heavy atom. The molecule has 1 N–H and O–H groups in total. The first-order valence-electron chi connectivity index (χ1n) is 6.11. The first-order chi connectivity index (χ1) is 9.61. The molecule has 8 nitrogen and oxygen atoms in total. The van der Waals surface area contributed by atoms with Crippen molar-refractivity contribution >= 4 is 25.0 Å². The Morgan fingerprint density at radius 2 is 2.05 bits per heavy atom. The SMILES string of the molecule is C[N+](C)(C)CCO[PH](=O)c1ccc([N+](=O)[O-])cc1C(=O)O. The average molecular weight is 317 g/mol. The van der Waals surface area contributed by atoms with E-state index >= 15 is 0 Å². The molecule has 0 aliphatic rings. The Hall–Kier alpha value is -1.76. The van der Waals surface area contributed by atoms with E-state index in [9.17, 15) is 19.5 Å². The third-order valence-corrected chi connectivity index (χ3v) is 4.00. The van der Waals surface area contributed by atoms with E-state index in [1.165, 1.54) is 6.07 Å². The van der Waals surface area contributed by atoms with Crippen LogP contribution in [0.1, 0.15) is 10.4 Å². The summed E-state index contributed by atoms with van der Waals surface area (Å²) < 4.78 is 17.9. The lowest BCUT2D eigenvalue weighted by Gasteiger charge is -2.23. The Kier molecular flexibility index (Phi) is 5.60. The van der Waals surface area contributed by atoms with Crippen LogP contribution in [0.15, 0.2) is 18.2 Å². The number of nitrogens with zero attached hydrogens (tertiary/aromatic N) is 2. The molecule has 0 saturated heterocycles. The minimum atomic E-state index is -2.77. The molecule has 0 aliphatic heterocycles. The molecule has 0 spiro atoms. The van der Waals surface area contributed by atoms with Gasteiger partial charge in [-0.05, 0) is 6.07 Å². The molecule has 9 heteroatoms. The van der Waals surface area contributed by atoms with E-state index in [2.05, 4.69) is 0 Å². The molecule has 1 rings (SSSR count). The topological polar surface area (TPSA) is 107 Å². The lowest BCUT2D eigenvalue weighted by Crippen LogP contribution is -2.37. The van der Waals surface area contributed by atoms with Crippen molar-refractivity contribution in [2.24, 2.45) is 0 Å². The fourth-order valence-electron chi connectivity index (χ4n) is 1.49. The number of likely N-dealkylation sites (N-methyl/N-ethyl adjacent to an activating group) is 1. The fraction of sp³-hybridized carbons (Fsp3) is 0.417. The smallest absolute Gasteiger partial charge is 0.336 e. The Bertz CT molecular complexity index is 582. The predicted molar refractivity (Wildman–Crippen MR) is 77.5 cm³/mol. The summed E-state index contributed by atoms with van der Waals surface area (Å²) >= 11 is 0. The summed E-state index contributed by atoms with van der Waals surface area (Å²) in [4.78, 5) is 21.1. The van der Waals surface area contributed by atoms with Crippen LogP contribution in [0.3, 0.4) is 0 Å². The maximum atomic E-state index is 12.1. The van der Waals surface area contributed by atoms with Crippen molar-refractivity contribution in [2.75, 3.05) is 34.3 Å². The lowest BCUT2D eigenvalue weighted by molar-refractivity contribution is -0.870. The molecule has 0 radical (unpaired) electrons. The Balaban J connectivity index is 2.93. The molecule has 1 atom stereocenters. The fourth-order valence-corrected chi connectivity index (χ4v) is 2.54. The lowest BCUT2D eigenvalue weighted by atomic mass is 10.2. The molecule has 1 unspecified atom stereocenters. The molecule has 0 heterocycles. The highest BCUT2D eigenvalue weighted by Crippen LogP contribution is 2.26. The number of aromatic carboxylic acids is 1. The van der Waals surface area contributed by atoms with Crippen LogP contribution in [0.4, 0.5) is 5.69 Å². The van der Waals surface area contributed by atoms with E-state index in [1.54, 1.807) is 0 Å². The summed E-state index contributed by atoms with van der Waals surface area (Å²) in [5.74, 6) is -1.37. The Morgan fingerprint density at radius 3 is 2.52 bits per heavy atom. The summed E-state index contributed by atoms with van der Waals surface area (Å²) in [7, 11) is 3.05. The standard InChI is InChI=1S/C12H17N2O6P/c1-14(2,3)6-7-20-21(19)11-5-4-9(13(17)18)8-10(11)12(15)16/h4-5,8,21H,6-7H2,1-3H3/p+1. The second kappa shape index (κ2) is 6.80. The van der Waals surface area contributed by atoms with Crippen LogP contribution in [0.5, 0.6) is 0 Å². The van der Waals surface area contributed by atoms with Crippen LogP contribution in [0.25, 0.3) is 0 Å². The number of carboxylic acids is 1. The van der Waals surface area contributed by atoms with Crippen LogP contribution in [0.2, 0.25) is 0 Å². The van der Waals surface area contributed by atoms with Gasteiger partial charge in [-0.25, -0.2) is 4.79 Å². The van der Waals surface area contributed by atoms with Crippen molar-refractivity contribution in [3.8, 4) is 0 Å². The molecule has 1 aromatic carbocycles. The third kappa shape index (κ3) is 5.26. The van der Waals surface area contributed by atoms with Crippen LogP contribution >= 0.6 is 8.03 Å². The zero-order valence-corrected chi connectivity index (χ0v) is 13.0. The van der Waals surface area contributed by atoms with Gasteiger partial charge in [0, 0.05) is 17.4 Å². The first-order valence-corrected chi connectivity index (χ1v) is 7.43. The maximum absolute atomic E-state index is 12.1. The van der Waals surface area contributed by atoms with Crippen LogP contribution in [0, 0.1) is 10.1 Å². The van der Waals surface area contributed by atoms with Gasteiger partial charge < -0.3 is 14.1 Å². The highest BCUT2D eigenvalue weighted by molar-refractivity contribution is 7.48. The quantitative estimate of drug-likeness (QED) is 0.349. The number of nitro groups is 1. The Labute approximate surface area is 122 Å². The van der Waals surface area contributed by atoms with Crippen LogP contribution in [-0.4, -0.2) is 54.8 Å². The number of rotatable bonds is 7. The minimum Gasteiger partial charge on any atom is -0.478 e. The molecule has 0 bridgehead atoms. The van der Waals surface area contributed by atoms with E-state index in [0.717, 1.165) is 12.1 Å². The summed E-state index contributed by atoms with van der Waals surface area (Å²) in [6.45, 7) is 0.809. The van der Waals surface area contributed by atoms with Gasteiger partial charge in [0.2, 0.25) is 8.03 Å². The molecule has 0 saturated carbocycles. The highest BCUT2D eigenvalue weighted by Gasteiger charge is 2.20. The molecule has 116 valence electrons. The average Bonchev–Trinajstić information content (AvgIpc) is 2.36. The number of quaternary nitrogens is 1. The second-order valence-electron chi connectivity index (χ2n) is 5.44. The maximum Gasteiger partial charge on any atom is 0.336 e. The summed E-state index contributed by atoms with van der Waals surface area (Å²) in [6.07, 6.45) is 0. The molecular formula is C12H18N2O6P+. The van der Waals surface area contributed by atoms with Crippen molar-refractivity contribution in [3.05, 3.63) is 33.9 Å². The van der Waals surface area contributed by atoms with Crippen molar-refractivity contribution in [1.29, 1.82) is 0 Å².